The van der Waals surface area contributed by atoms with Gasteiger partial charge < -0.3 is 14.8 Å². The molecular formula is C24H27F4N7O3. The van der Waals surface area contributed by atoms with Gasteiger partial charge in [-0.1, -0.05) is 5.21 Å². The quantitative estimate of drug-likeness (QED) is 0.350. The molecule has 204 valence electrons. The molecule has 3 heterocycles. The molecule has 10 nitrogen and oxygen atoms in total. The first kappa shape index (κ1) is 27.4. The number of hydrogen-bond donors (Lipinski definition) is 1. The zero-order chi connectivity index (χ0) is 27.1. The molecule has 0 aliphatic heterocycles. The number of anilines is 1. The molecule has 14 heteroatoms. The highest BCUT2D eigenvalue weighted by Gasteiger charge is 2.36. The highest BCUT2D eigenvalue weighted by atomic mass is 19.4. The Kier molecular flexibility index (Phi) is 8.81. The van der Waals surface area contributed by atoms with Crippen LogP contribution >= 0.6 is 0 Å². The number of nitrogens with one attached hydrogen (secondary N) is 1. The van der Waals surface area contributed by atoms with Gasteiger partial charge in [0.15, 0.2) is 5.82 Å². The Morgan fingerprint density at radius 1 is 1.16 bits per heavy atom. The summed E-state index contributed by atoms with van der Waals surface area (Å²) in [5.41, 5.74) is 1.76. The van der Waals surface area contributed by atoms with Crippen molar-refractivity contribution < 1.29 is 31.8 Å². The van der Waals surface area contributed by atoms with Gasteiger partial charge in [0.2, 0.25) is 5.91 Å². The van der Waals surface area contributed by atoms with Gasteiger partial charge in [0, 0.05) is 31.3 Å². The second kappa shape index (κ2) is 12.2. The molecule has 1 amide bonds. The number of aromatic nitrogens is 6. The van der Waals surface area contributed by atoms with Crippen LogP contribution in [0.25, 0.3) is 0 Å². The predicted molar refractivity (Wildman–Crippen MR) is 126 cm³/mol. The lowest BCUT2D eigenvalue weighted by atomic mass is 9.92. The van der Waals surface area contributed by atoms with E-state index < -0.39 is 25.1 Å². The van der Waals surface area contributed by atoms with E-state index >= 15 is 0 Å². The third-order valence-electron chi connectivity index (χ3n) is 5.71. The highest BCUT2D eigenvalue weighted by Crippen LogP contribution is 2.30. The second-order valence-electron chi connectivity index (χ2n) is 9.10. The van der Waals surface area contributed by atoms with E-state index in [0.29, 0.717) is 36.4 Å². The lowest BCUT2D eigenvalue weighted by molar-refractivity contribution is -0.199. The van der Waals surface area contributed by atoms with Crippen molar-refractivity contribution in [2.24, 2.45) is 0 Å². The number of ether oxygens (including phenoxy) is 2. The van der Waals surface area contributed by atoms with E-state index in [-0.39, 0.29) is 37.2 Å². The van der Waals surface area contributed by atoms with Gasteiger partial charge in [0.25, 0.3) is 0 Å². The van der Waals surface area contributed by atoms with E-state index in [0.717, 1.165) is 5.69 Å². The summed E-state index contributed by atoms with van der Waals surface area (Å²) >= 11 is 0. The Morgan fingerprint density at radius 3 is 2.66 bits per heavy atom. The maximum atomic E-state index is 14.2. The lowest BCUT2D eigenvalue weighted by Crippen LogP contribution is -2.41. The summed E-state index contributed by atoms with van der Waals surface area (Å²) in [6.45, 7) is 0.626. The van der Waals surface area contributed by atoms with Gasteiger partial charge in [-0.25, -0.2) is 9.07 Å². The monoisotopic (exact) mass is 537 g/mol. The van der Waals surface area contributed by atoms with Crippen LogP contribution in [0.4, 0.5) is 23.4 Å². The molecule has 1 unspecified atom stereocenters. The van der Waals surface area contributed by atoms with Gasteiger partial charge in [0.05, 0.1) is 36.2 Å². The van der Waals surface area contributed by atoms with Crippen molar-refractivity contribution in [2.45, 2.75) is 70.1 Å². The molecule has 0 spiro atoms. The molecule has 4 rings (SSSR count). The molecule has 1 aliphatic carbocycles. The smallest absolute Gasteiger partial charge is 0.411 e. The van der Waals surface area contributed by atoms with Crippen LogP contribution in [0.2, 0.25) is 0 Å². The normalized spacial score (nSPS) is 18.0. The first-order valence-electron chi connectivity index (χ1n) is 12.0. The van der Waals surface area contributed by atoms with E-state index in [1.807, 2.05) is 0 Å². The summed E-state index contributed by atoms with van der Waals surface area (Å²) in [4.78, 5) is 16.6. The van der Waals surface area contributed by atoms with E-state index in [1.165, 1.54) is 10.9 Å². The predicted octanol–water partition coefficient (Wildman–Crippen LogP) is 3.41. The van der Waals surface area contributed by atoms with Crippen LogP contribution in [0.1, 0.15) is 36.3 Å². The second-order valence-corrected chi connectivity index (χ2v) is 9.10. The van der Waals surface area contributed by atoms with E-state index in [4.69, 9.17) is 9.47 Å². The minimum Gasteiger partial charge on any atom is -0.490 e. The number of rotatable bonds is 12. The fraction of sp³-hybridized carbons (Fsp3) is 0.500. The third-order valence-corrected chi connectivity index (χ3v) is 5.71. The number of nitrogens with zero attached hydrogens (tertiary/aromatic N) is 6. The van der Waals surface area contributed by atoms with E-state index in [1.54, 1.807) is 37.4 Å². The fourth-order valence-electron chi connectivity index (χ4n) is 3.78. The molecule has 0 bridgehead atoms. The van der Waals surface area contributed by atoms with Crippen molar-refractivity contribution >= 4 is 11.7 Å². The average Bonchev–Trinajstić information content (AvgIpc) is 3.23. The zero-order valence-electron chi connectivity index (χ0n) is 20.6. The summed E-state index contributed by atoms with van der Waals surface area (Å²) in [5, 5.41) is 18.3. The van der Waals surface area contributed by atoms with Gasteiger partial charge >= 0.3 is 6.18 Å². The van der Waals surface area contributed by atoms with Crippen LogP contribution < -0.4 is 10.1 Å². The Hall–Kier alpha value is -3.68. The molecule has 3 aromatic heterocycles. The average molecular weight is 538 g/mol. The molecule has 1 atom stereocenters. The Bertz CT molecular complexity index is 1200. The molecule has 0 radical (unpaired) electrons. The van der Waals surface area contributed by atoms with Crippen molar-refractivity contribution in [3.05, 3.63) is 53.7 Å². The number of pyridine rings is 1. The van der Waals surface area contributed by atoms with Crippen LogP contribution in [0.5, 0.6) is 5.75 Å². The number of hydrogen-bond acceptors (Lipinski definition) is 8. The number of halogens is 4. The Labute approximate surface area is 215 Å². The summed E-state index contributed by atoms with van der Waals surface area (Å²) in [7, 11) is 0. The molecule has 38 heavy (non-hydrogen) atoms. The minimum absolute atomic E-state index is 0.0477. The van der Waals surface area contributed by atoms with Gasteiger partial charge in [-0.15, -0.1) is 10.2 Å². The number of carbonyl (C=O) groups is 1. The minimum atomic E-state index is -4.35. The van der Waals surface area contributed by atoms with Crippen molar-refractivity contribution in [1.29, 1.82) is 0 Å². The SMILES string of the molecule is Cc1cn(CC(F)CCc2ccc(NC(=O)Cc3cc(OC4CC(OCC(F)(F)F)C4)ccn3)nn2)nn1. The summed E-state index contributed by atoms with van der Waals surface area (Å²) in [6.07, 6.45) is -1.75. The van der Waals surface area contributed by atoms with Crippen LogP contribution in [0.15, 0.2) is 36.7 Å². The maximum Gasteiger partial charge on any atom is 0.411 e. The standard InChI is InChI=1S/C24H27F4N7O3/c1-15-12-35(34-31-15)13-16(25)2-3-17-4-5-22(33-32-17)30-23(36)9-18-8-19(6-7-29-18)38-21-10-20(11-21)37-14-24(26,27)28/h4-8,12,16,20-21H,2-3,9-11,13-14H2,1H3,(H,30,33,36). The van der Waals surface area contributed by atoms with Crippen molar-refractivity contribution in [2.75, 3.05) is 11.9 Å². The summed E-state index contributed by atoms with van der Waals surface area (Å²) < 4.78 is 62.9. The highest BCUT2D eigenvalue weighted by molar-refractivity contribution is 5.91. The number of carbonyl (C=O) groups excluding carboxylic acids is 1. The molecular weight excluding hydrogens is 510 g/mol. The first-order chi connectivity index (χ1) is 18.1. The first-order valence-corrected chi connectivity index (χ1v) is 12.0. The Balaban J connectivity index is 1.18. The van der Waals surface area contributed by atoms with Crippen LogP contribution in [-0.4, -0.2) is 67.2 Å². The molecule has 1 N–H and O–H groups in total. The van der Waals surface area contributed by atoms with Crippen LogP contribution in [0.3, 0.4) is 0 Å². The maximum absolute atomic E-state index is 14.2. The van der Waals surface area contributed by atoms with Crippen molar-refractivity contribution in [3.8, 4) is 5.75 Å². The topological polar surface area (TPSA) is 117 Å². The van der Waals surface area contributed by atoms with Crippen molar-refractivity contribution in [3.63, 3.8) is 0 Å². The van der Waals surface area contributed by atoms with Gasteiger partial charge in [-0.3, -0.25) is 9.78 Å². The molecule has 1 saturated carbocycles. The molecule has 3 aromatic rings. The summed E-state index contributed by atoms with van der Waals surface area (Å²) in [5.74, 6) is 0.352. The van der Waals surface area contributed by atoms with Crippen LogP contribution in [0, 0.1) is 6.92 Å². The lowest BCUT2D eigenvalue weighted by Gasteiger charge is -2.35. The number of amides is 1. The molecule has 0 saturated heterocycles. The molecule has 1 fully saturated rings. The van der Waals surface area contributed by atoms with Gasteiger partial charge in [-0.05, 0) is 38.0 Å². The van der Waals surface area contributed by atoms with E-state index in [2.05, 4.69) is 30.8 Å². The van der Waals surface area contributed by atoms with Crippen LogP contribution in [-0.2, 0) is 28.9 Å². The third kappa shape index (κ3) is 8.71. The fourth-order valence-corrected chi connectivity index (χ4v) is 3.78. The van der Waals surface area contributed by atoms with Gasteiger partial charge in [0.1, 0.15) is 24.6 Å². The van der Waals surface area contributed by atoms with E-state index in [9.17, 15) is 22.4 Å². The van der Waals surface area contributed by atoms with Gasteiger partial charge in [-0.2, -0.15) is 18.3 Å². The zero-order valence-corrected chi connectivity index (χ0v) is 20.6. The number of alkyl halides is 4. The summed E-state index contributed by atoms with van der Waals surface area (Å²) in [6, 6.07) is 6.48. The Morgan fingerprint density at radius 2 is 1.97 bits per heavy atom. The number of aryl methyl sites for hydroxylation is 2. The largest absolute Gasteiger partial charge is 0.490 e. The van der Waals surface area contributed by atoms with Crippen molar-refractivity contribution in [1.82, 2.24) is 30.2 Å². The molecule has 1 aliphatic rings. The molecule has 0 aromatic carbocycles.